The maximum atomic E-state index is 13.1. The topological polar surface area (TPSA) is 81.4 Å². The minimum absolute atomic E-state index is 0.173. The van der Waals surface area contributed by atoms with Crippen molar-refractivity contribution in [3.8, 4) is 0 Å². The molecule has 1 saturated heterocycles. The minimum Gasteiger partial charge on any atom is -0.381 e. The highest BCUT2D eigenvalue weighted by molar-refractivity contribution is 5.87. The van der Waals surface area contributed by atoms with E-state index in [-0.39, 0.29) is 24.1 Å². The number of carbonyl (C=O) groups is 2. The fraction of sp³-hybridized carbons (Fsp3) is 0.429. The van der Waals surface area contributed by atoms with Gasteiger partial charge in [0.2, 0.25) is 11.8 Å². The number of ether oxygens (including phenoxy) is 1. The molecule has 108 valence electrons. The molecule has 0 aliphatic carbocycles. The first-order valence-corrected chi connectivity index (χ1v) is 6.48. The zero-order chi connectivity index (χ0) is 14.5. The van der Waals surface area contributed by atoms with Gasteiger partial charge in [0, 0.05) is 13.0 Å². The van der Waals surface area contributed by atoms with Gasteiger partial charge in [0.25, 0.3) is 0 Å². The van der Waals surface area contributed by atoms with E-state index in [1.54, 1.807) is 12.1 Å². The first kappa shape index (κ1) is 14.5. The molecule has 1 heterocycles. The first-order valence-electron chi connectivity index (χ1n) is 6.48. The molecule has 3 N–H and O–H groups in total. The van der Waals surface area contributed by atoms with Gasteiger partial charge in [0.1, 0.15) is 11.9 Å². The number of nitrogens with two attached hydrogens (primary N) is 1. The summed E-state index contributed by atoms with van der Waals surface area (Å²) in [5.74, 6) is -1.52. The highest BCUT2D eigenvalue weighted by Crippen LogP contribution is 2.13. The van der Waals surface area contributed by atoms with Crippen LogP contribution in [-0.2, 0) is 20.7 Å². The summed E-state index contributed by atoms with van der Waals surface area (Å²) in [5, 5.41) is 2.61. The van der Waals surface area contributed by atoms with E-state index in [9.17, 15) is 14.0 Å². The summed E-state index contributed by atoms with van der Waals surface area (Å²) >= 11 is 0. The second-order valence-electron chi connectivity index (χ2n) is 4.86. The molecule has 6 heteroatoms. The lowest BCUT2D eigenvalue weighted by Crippen LogP contribution is -2.48. The Kier molecular flexibility index (Phi) is 4.68. The van der Waals surface area contributed by atoms with Crippen molar-refractivity contribution in [2.45, 2.75) is 18.9 Å². The molecule has 2 atom stereocenters. The maximum Gasteiger partial charge on any atom is 0.240 e. The summed E-state index contributed by atoms with van der Waals surface area (Å²) in [6.07, 6.45) is 0.809. The van der Waals surface area contributed by atoms with Gasteiger partial charge in [-0.3, -0.25) is 9.59 Å². The van der Waals surface area contributed by atoms with Crippen LogP contribution < -0.4 is 11.1 Å². The van der Waals surface area contributed by atoms with Crippen molar-refractivity contribution < 1.29 is 18.7 Å². The Morgan fingerprint density at radius 2 is 2.30 bits per heavy atom. The summed E-state index contributed by atoms with van der Waals surface area (Å²) in [5.41, 5.74) is 5.90. The molecular formula is C14H17FN2O3. The first-order chi connectivity index (χ1) is 9.56. The zero-order valence-corrected chi connectivity index (χ0v) is 11.0. The quantitative estimate of drug-likeness (QED) is 0.818. The molecule has 0 saturated carbocycles. The van der Waals surface area contributed by atoms with Crippen molar-refractivity contribution in [3.05, 3.63) is 35.6 Å². The Hall–Kier alpha value is -1.95. The van der Waals surface area contributed by atoms with E-state index < -0.39 is 11.9 Å². The summed E-state index contributed by atoms with van der Waals surface area (Å²) < 4.78 is 18.2. The second-order valence-corrected chi connectivity index (χ2v) is 4.86. The minimum atomic E-state index is -0.843. The Balaban J connectivity index is 2.00. The lowest BCUT2D eigenvalue weighted by atomic mass is 10.0. The van der Waals surface area contributed by atoms with Gasteiger partial charge in [0.05, 0.1) is 12.5 Å². The summed E-state index contributed by atoms with van der Waals surface area (Å²) in [4.78, 5) is 23.4. The monoisotopic (exact) mass is 280 g/mol. The third kappa shape index (κ3) is 3.77. The number of halogens is 1. The third-order valence-electron chi connectivity index (χ3n) is 3.29. The van der Waals surface area contributed by atoms with Crippen molar-refractivity contribution in [2.24, 2.45) is 11.7 Å². The largest absolute Gasteiger partial charge is 0.381 e. The highest BCUT2D eigenvalue weighted by Gasteiger charge is 2.27. The molecule has 5 nitrogen and oxygen atoms in total. The Morgan fingerprint density at radius 1 is 1.50 bits per heavy atom. The van der Waals surface area contributed by atoms with Crippen LogP contribution in [0.15, 0.2) is 24.3 Å². The molecule has 2 rings (SSSR count). The van der Waals surface area contributed by atoms with Crippen LogP contribution in [0.2, 0.25) is 0 Å². The lowest BCUT2D eigenvalue weighted by molar-refractivity contribution is -0.129. The van der Waals surface area contributed by atoms with Gasteiger partial charge in [-0.15, -0.1) is 0 Å². The Bertz CT molecular complexity index is 501. The Morgan fingerprint density at radius 3 is 2.90 bits per heavy atom. The van der Waals surface area contributed by atoms with E-state index in [1.807, 2.05) is 0 Å². The van der Waals surface area contributed by atoms with Gasteiger partial charge in [-0.05, 0) is 24.1 Å². The number of rotatable bonds is 5. The fourth-order valence-electron chi connectivity index (χ4n) is 2.15. The molecule has 1 aromatic carbocycles. The molecule has 0 radical (unpaired) electrons. The van der Waals surface area contributed by atoms with E-state index >= 15 is 0 Å². The van der Waals surface area contributed by atoms with Crippen molar-refractivity contribution in [1.82, 2.24) is 5.32 Å². The van der Waals surface area contributed by atoms with Gasteiger partial charge < -0.3 is 15.8 Å². The standard InChI is InChI=1S/C14H17FN2O3/c15-11-3-1-2-9(6-11)7-12(13(16)18)17-14(19)10-4-5-20-8-10/h1-3,6,10,12H,4-5,7-8H2,(H2,16,18)(H,17,19)/t10-,12-/m1/s1. The predicted molar refractivity (Wildman–Crippen MR) is 70.2 cm³/mol. The van der Waals surface area contributed by atoms with Gasteiger partial charge in [0.15, 0.2) is 0 Å². The molecular weight excluding hydrogens is 263 g/mol. The van der Waals surface area contributed by atoms with Crippen molar-refractivity contribution in [3.63, 3.8) is 0 Å². The van der Waals surface area contributed by atoms with Gasteiger partial charge >= 0.3 is 0 Å². The Labute approximate surface area is 116 Å². The van der Waals surface area contributed by atoms with Crippen LogP contribution in [0.5, 0.6) is 0 Å². The fourth-order valence-corrected chi connectivity index (χ4v) is 2.15. The van der Waals surface area contributed by atoms with Gasteiger partial charge in [-0.2, -0.15) is 0 Å². The molecule has 1 aliphatic heterocycles. The average Bonchev–Trinajstić information content (AvgIpc) is 2.91. The van der Waals surface area contributed by atoms with Crippen LogP contribution in [0.25, 0.3) is 0 Å². The van der Waals surface area contributed by atoms with Crippen LogP contribution in [0, 0.1) is 11.7 Å². The molecule has 1 aliphatic rings. The van der Waals surface area contributed by atoms with E-state index in [4.69, 9.17) is 10.5 Å². The van der Waals surface area contributed by atoms with E-state index in [0.717, 1.165) is 0 Å². The van der Waals surface area contributed by atoms with Crippen molar-refractivity contribution >= 4 is 11.8 Å². The number of hydrogen-bond donors (Lipinski definition) is 2. The second kappa shape index (κ2) is 6.47. The number of hydrogen-bond acceptors (Lipinski definition) is 3. The van der Waals surface area contributed by atoms with Crippen LogP contribution in [0.3, 0.4) is 0 Å². The molecule has 0 bridgehead atoms. The summed E-state index contributed by atoms with van der Waals surface area (Å²) in [6.45, 7) is 0.903. The number of primary amides is 1. The third-order valence-corrected chi connectivity index (χ3v) is 3.29. The highest BCUT2D eigenvalue weighted by atomic mass is 19.1. The molecule has 1 aromatic rings. The van der Waals surface area contributed by atoms with Crippen LogP contribution in [0.1, 0.15) is 12.0 Å². The van der Waals surface area contributed by atoms with Crippen LogP contribution >= 0.6 is 0 Å². The summed E-state index contributed by atoms with van der Waals surface area (Å²) in [7, 11) is 0. The van der Waals surface area contributed by atoms with Crippen molar-refractivity contribution in [1.29, 1.82) is 0 Å². The van der Waals surface area contributed by atoms with Crippen molar-refractivity contribution in [2.75, 3.05) is 13.2 Å². The molecule has 2 amide bonds. The van der Waals surface area contributed by atoms with Crippen LogP contribution in [-0.4, -0.2) is 31.1 Å². The SMILES string of the molecule is NC(=O)[C@@H](Cc1cccc(F)c1)NC(=O)[C@@H]1CCOC1. The van der Waals surface area contributed by atoms with Crippen LogP contribution in [0.4, 0.5) is 4.39 Å². The predicted octanol–water partition coefficient (Wildman–Crippen LogP) is 0.375. The van der Waals surface area contributed by atoms with Gasteiger partial charge in [-0.1, -0.05) is 12.1 Å². The average molecular weight is 280 g/mol. The van der Waals surface area contributed by atoms with Gasteiger partial charge in [-0.25, -0.2) is 4.39 Å². The lowest BCUT2D eigenvalue weighted by Gasteiger charge is -2.17. The normalized spacial score (nSPS) is 19.6. The van der Waals surface area contributed by atoms with E-state index in [1.165, 1.54) is 12.1 Å². The number of nitrogens with one attached hydrogen (secondary N) is 1. The molecule has 0 spiro atoms. The molecule has 0 unspecified atom stereocenters. The number of amides is 2. The zero-order valence-electron chi connectivity index (χ0n) is 11.0. The molecule has 20 heavy (non-hydrogen) atoms. The van der Waals surface area contributed by atoms with E-state index in [0.29, 0.717) is 25.2 Å². The van der Waals surface area contributed by atoms with E-state index in [2.05, 4.69) is 5.32 Å². The molecule has 1 fully saturated rings. The molecule has 0 aromatic heterocycles. The summed E-state index contributed by atoms with van der Waals surface area (Å²) in [6, 6.07) is 5.03. The maximum absolute atomic E-state index is 13.1. The number of carbonyl (C=O) groups excluding carboxylic acids is 2. The number of benzene rings is 1. The smallest absolute Gasteiger partial charge is 0.240 e.